The summed E-state index contributed by atoms with van der Waals surface area (Å²) < 4.78 is 10.4. The van der Waals surface area contributed by atoms with Crippen molar-refractivity contribution in [1.82, 2.24) is 10.2 Å². The molecule has 1 N–H and O–H groups in total. The molecule has 0 spiro atoms. The Morgan fingerprint density at radius 1 is 1.22 bits per heavy atom. The lowest BCUT2D eigenvalue weighted by Gasteiger charge is -2.29. The molecular formula is C14H30N2O2. The van der Waals surface area contributed by atoms with Crippen LogP contribution in [0.5, 0.6) is 0 Å². The lowest BCUT2D eigenvalue weighted by atomic mass is 10.2. The minimum atomic E-state index is 0.376. The van der Waals surface area contributed by atoms with E-state index in [0.29, 0.717) is 12.1 Å². The lowest BCUT2D eigenvalue weighted by molar-refractivity contribution is 0.0807. The van der Waals surface area contributed by atoms with Crippen molar-refractivity contribution >= 4 is 0 Å². The highest BCUT2D eigenvalue weighted by Crippen LogP contribution is 2.04. The van der Waals surface area contributed by atoms with Gasteiger partial charge < -0.3 is 14.8 Å². The van der Waals surface area contributed by atoms with Gasteiger partial charge in [-0.05, 0) is 12.5 Å². The molecule has 108 valence electrons. The Hall–Kier alpha value is -0.420. The molecule has 4 heteroatoms. The quantitative estimate of drug-likeness (QED) is 0.570. The first-order chi connectivity index (χ1) is 8.51. The Labute approximate surface area is 112 Å². The van der Waals surface area contributed by atoms with E-state index in [2.05, 4.69) is 37.6 Å². The van der Waals surface area contributed by atoms with Crippen LogP contribution in [0.2, 0.25) is 0 Å². The van der Waals surface area contributed by atoms with Crippen LogP contribution < -0.4 is 5.32 Å². The fourth-order valence-corrected chi connectivity index (χ4v) is 1.70. The fraction of sp³-hybridized carbons (Fsp3) is 0.857. The van der Waals surface area contributed by atoms with Crippen LogP contribution in [0.1, 0.15) is 20.8 Å². The molecule has 0 saturated heterocycles. The van der Waals surface area contributed by atoms with E-state index in [9.17, 15) is 0 Å². The molecule has 0 aliphatic carbocycles. The van der Waals surface area contributed by atoms with E-state index < -0.39 is 0 Å². The molecule has 0 aromatic rings. The average molecular weight is 258 g/mol. The van der Waals surface area contributed by atoms with E-state index in [1.807, 2.05) is 0 Å². The molecule has 0 aromatic heterocycles. The third kappa shape index (κ3) is 8.64. The standard InChI is InChI=1S/C14H30N2O2/c1-12(2)15-9-13(3)10-16(7-8-17-5)14(4)11-18-6/h12,14-15H,3,7-11H2,1-2,4-6H3. The van der Waals surface area contributed by atoms with Crippen molar-refractivity contribution in [2.45, 2.75) is 32.9 Å². The van der Waals surface area contributed by atoms with Crippen LogP contribution in [0.3, 0.4) is 0 Å². The number of rotatable bonds is 11. The first-order valence-corrected chi connectivity index (χ1v) is 6.63. The van der Waals surface area contributed by atoms with Crippen LogP contribution in [-0.4, -0.2) is 64.1 Å². The number of hydrogen-bond acceptors (Lipinski definition) is 4. The molecule has 0 radical (unpaired) electrons. The molecule has 0 bridgehead atoms. The van der Waals surface area contributed by atoms with Crippen LogP contribution in [0, 0.1) is 0 Å². The smallest absolute Gasteiger partial charge is 0.0615 e. The third-order valence-electron chi connectivity index (χ3n) is 2.80. The minimum Gasteiger partial charge on any atom is -0.383 e. The topological polar surface area (TPSA) is 33.7 Å². The van der Waals surface area contributed by atoms with Crippen molar-refractivity contribution < 1.29 is 9.47 Å². The second-order valence-electron chi connectivity index (χ2n) is 5.05. The zero-order chi connectivity index (χ0) is 14.0. The van der Waals surface area contributed by atoms with Crippen molar-refractivity contribution in [2.75, 3.05) is 47.1 Å². The molecule has 18 heavy (non-hydrogen) atoms. The third-order valence-corrected chi connectivity index (χ3v) is 2.80. The number of nitrogens with one attached hydrogen (secondary N) is 1. The van der Waals surface area contributed by atoms with Gasteiger partial charge in [-0.1, -0.05) is 20.4 Å². The normalized spacial score (nSPS) is 13.3. The molecule has 0 rings (SSSR count). The van der Waals surface area contributed by atoms with Gasteiger partial charge >= 0.3 is 0 Å². The Bertz CT molecular complexity index is 220. The minimum absolute atomic E-state index is 0.376. The van der Waals surface area contributed by atoms with Crippen LogP contribution >= 0.6 is 0 Å². The van der Waals surface area contributed by atoms with E-state index in [-0.39, 0.29) is 0 Å². The molecule has 0 aromatic carbocycles. The monoisotopic (exact) mass is 258 g/mol. The van der Waals surface area contributed by atoms with E-state index >= 15 is 0 Å². The van der Waals surface area contributed by atoms with E-state index in [0.717, 1.165) is 32.8 Å². The number of nitrogens with zero attached hydrogens (tertiary/aromatic N) is 1. The lowest BCUT2D eigenvalue weighted by Crippen LogP contribution is -2.41. The summed E-state index contributed by atoms with van der Waals surface area (Å²) in [4.78, 5) is 2.34. The molecule has 0 heterocycles. The van der Waals surface area contributed by atoms with E-state index in [4.69, 9.17) is 9.47 Å². The zero-order valence-electron chi connectivity index (χ0n) is 12.7. The highest BCUT2D eigenvalue weighted by Gasteiger charge is 2.14. The first-order valence-electron chi connectivity index (χ1n) is 6.63. The molecule has 1 atom stereocenters. The molecule has 4 nitrogen and oxygen atoms in total. The highest BCUT2D eigenvalue weighted by molar-refractivity contribution is 5.00. The molecule has 0 aliphatic rings. The van der Waals surface area contributed by atoms with Gasteiger partial charge in [0.2, 0.25) is 0 Å². The summed E-state index contributed by atoms with van der Waals surface area (Å²) in [5, 5.41) is 3.39. The molecule has 0 saturated carbocycles. The van der Waals surface area contributed by atoms with Crippen molar-refractivity contribution in [3.63, 3.8) is 0 Å². The SMILES string of the molecule is C=C(CNC(C)C)CN(CCOC)C(C)COC. The van der Waals surface area contributed by atoms with E-state index in [1.165, 1.54) is 5.57 Å². The summed E-state index contributed by atoms with van der Waals surface area (Å²) in [7, 11) is 3.47. The maximum absolute atomic E-state index is 5.22. The van der Waals surface area contributed by atoms with Gasteiger partial charge in [0.15, 0.2) is 0 Å². The molecule has 0 aliphatic heterocycles. The van der Waals surface area contributed by atoms with Gasteiger partial charge in [0.1, 0.15) is 0 Å². The number of ether oxygens (including phenoxy) is 2. The van der Waals surface area contributed by atoms with Gasteiger partial charge in [-0.3, -0.25) is 4.90 Å². The van der Waals surface area contributed by atoms with Crippen molar-refractivity contribution in [3.8, 4) is 0 Å². The van der Waals surface area contributed by atoms with E-state index in [1.54, 1.807) is 14.2 Å². The summed E-state index contributed by atoms with van der Waals surface area (Å²) in [6.45, 7) is 14.7. The van der Waals surface area contributed by atoms with Crippen LogP contribution in [-0.2, 0) is 9.47 Å². The molecule has 0 fully saturated rings. The number of hydrogen-bond donors (Lipinski definition) is 1. The second-order valence-corrected chi connectivity index (χ2v) is 5.05. The summed E-state index contributed by atoms with van der Waals surface area (Å²) in [5.41, 5.74) is 1.20. The average Bonchev–Trinajstić information content (AvgIpc) is 2.32. The first kappa shape index (κ1) is 17.6. The molecule has 1 unspecified atom stereocenters. The maximum Gasteiger partial charge on any atom is 0.0615 e. The maximum atomic E-state index is 5.22. The summed E-state index contributed by atoms with van der Waals surface area (Å²) in [5.74, 6) is 0. The molecular weight excluding hydrogens is 228 g/mol. The highest BCUT2D eigenvalue weighted by atomic mass is 16.5. The van der Waals surface area contributed by atoms with Crippen LogP contribution in [0.15, 0.2) is 12.2 Å². The van der Waals surface area contributed by atoms with Crippen molar-refractivity contribution in [3.05, 3.63) is 12.2 Å². The predicted octanol–water partition coefficient (Wildman–Crippen LogP) is 1.52. The Balaban J connectivity index is 4.16. The number of methoxy groups -OCH3 is 2. The Kier molecular flexibility index (Phi) is 10.3. The molecule has 0 amide bonds. The second kappa shape index (κ2) is 10.5. The Morgan fingerprint density at radius 2 is 1.89 bits per heavy atom. The van der Waals surface area contributed by atoms with Gasteiger partial charge in [-0.25, -0.2) is 0 Å². The van der Waals surface area contributed by atoms with Crippen LogP contribution in [0.25, 0.3) is 0 Å². The zero-order valence-corrected chi connectivity index (χ0v) is 12.7. The van der Waals surface area contributed by atoms with Gasteiger partial charge in [-0.15, -0.1) is 0 Å². The fourth-order valence-electron chi connectivity index (χ4n) is 1.70. The van der Waals surface area contributed by atoms with Gasteiger partial charge in [0.05, 0.1) is 13.2 Å². The summed E-state index contributed by atoms with van der Waals surface area (Å²) in [6.07, 6.45) is 0. The Morgan fingerprint density at radius 3 is 2.39 bits per heavy atom. The summed E-state index contributed by atoms with van der Waals surface area (Å²) in [6, 6.07) is 0.867. The van der Waals surface area contributed by atoms with Gasteiger partial charge in [0.25, 0.3) is 0 Å². The van der Waals surface area contributed by atoms with Crippen molar-refractivity contribution in [1.29, 1.82) is 0 Å². The largest absolute Gasteiger partial charge is 0.383 e. The van der Waals surface area contributed by atoms with Gasteiger partial charge in [0, 0.05) is 45.9 Å². The predicted molar refractivity (Wildman–Crippen MR) is 77.1 cm³/mol. The van der Waals surface area contributed by atoms with Crippen LogP contribution in [0.4, 0.5) is 0 Å². The van der Waals surface area contributed by atoms with Gasteiger partial charge in [-0.2, -0.15) is 0 Å². The summed E-state index contributed by atoms with van der Waals surface area (Å²) >= 11 is 0. The van der Waals surface area contributed by atoms with Crippen molar-refractivity contribution in [2.24, 2.45) is 0 Å².